The Labute approximate surface area is 235 Å². The van der Waals surface area contributed by atoms with Crippen LogP contribution in [0.25, 0.3) is 11.0 Å². The maximum atomic E-state index is 13.5. The van der Waals surface area contributed by atoms with Gasteiger partial charge in [0.05, 0.1) is 11.9 Å². The molecule has 5 rings (SSSR count). The zero-order chi connectivity index (χ0) is 29.1. The van der Waals surface area contributed by atoms with Crippen LogP contribution in [0.5, 0.6) is 5.75 Å². The van der Waals surface area contributed by atoms with E-state index in [9.17, 15) is 14.4 Å². The number of carbonyl (C=O) groups excluding carboxylic acids is 3. The highest BCUT2D eigenvalue weighted by Gasteiger charge is 2.26. The normalized spacial score (nSPS) is 12.7. The highest BCUT2D eigenvalue weighted by Crippen LogP contribution is 2.26. The van der Waals surface area contributed by atoms with E-state index in [-0.39, 0.29) is 29.5 Å². The minimum Gasteiger partial charge on any atom is -0.410 e. The summed E-state index contributed by atoms with van der Waals surface area (Å²) in [7, 11) is 1.62. The first-order valence-corrected chi connectivity index (χ1v) is 12.5. The summed E-state index contributed by atoms with van der Waals surface area (Å²) in [5.74, 6) is -0.429. The molecular formula is C28H27N9O4. The Morgan fingerprint density at radius 2 is 1.93 bits per heavy atom. The number of nitrogens with two attached hydrogens (primary N) is 1. The highest BCUT2D eigenvalue weighted by molar-refractivity contribution is 6.13. The maximum Gasteiger partial charge on any atom is 0.419 e. The van der Waals surface area contributed by atoms with Gasteiger partial charge in [-0.25, -0.2) is 14.8 Å². The molecule has 4 aromatic rings. The Balaban J connectivity index is 1.37. The minimum atomic E-state index is -0.555. The number of hydrogen-bond donors (Lipinski definition) is 2. The summed E-state index contributed by atoms with van der Waals surface area (Å²) in [4.78, 5) is 50.8. The number of aromatic nitrogens is 4. The first-order valence-electron chi connectivity index (χ1n) is 12.5. The van der Waals surface area contributed by atoms with Gasteiger partial charge in [-0.3, -0.25) is 24.4 Å². The predicted octanol–water partition coefficient (Wildman–Crippen LogP) is 3.04. The molecule has 0 spiro atoms. The average Bonchev–Trinajstić information content (AvgIpc) is 3.39. The van der Waals surface area contributed by atoms with Gasteiger partial charge < -0.3 is 15.8 Å². The second-order valence-electron chi connectivity index (χ2n) is 9.12. The Morgan fingerprint density at radius 1 is 1.15 bits per heavy atom. The van der Waals surface area contributed by atoms with Gasteiger partial charge in [-0.2, -0.15) is 4.79 Å². The number of nitrogens with one attached hydrogen (secondary N) is 1. The second-order valence-corrected chi connectivity index (χ2v) is 9.12. The summed E-state index contributed by atoms with van der Waals surface area (Å²) in [5.41, 5.74) is 8.28. The van der Waals surface area contributed by atoms with Crippen LogP contribution in [-0.2, 0) is 4.79 Å². The van der Waals surface area contributed by atoms with E-state index >= 15 is 0 Å². The fourth-order valence-corrected chi connectivity index (χ4v) is 4.24. The number of rotatable bonds is 6. The molecule has 0 saturated carbocycles. The van der Waals surface area contributed by atoms with Crippen LogP contribution in [0.2, 0.25) is 0 Å². The van der Waals surface area contributed by atoms with Crippen molar-refractivity contribution < 1.29 is 19.1 Å². The van der Waals surface area contributed by atoms with Gasteiger partial charge >= 0.3 is 6.09 Å². The monoisotopic (exact) mass is 553 g/mol. The third-order valence-electron chi connectivity index (χ3n) is 6.40. The van der Waals surface area contributed by atoms with E-state index in [4.69, 9.17) is 10.5 Å². The van der Waals surface area contributed by atoms with Crippen LogP contribution in [0.15, 0.2) is 79.8 Å². The molecule has 3 N–H and O–H groups in total. The van der Waals surface area contributed by atoms with Crippen molar-refractivity contribution in [2.24, 2.45) is 0 Å². The summed E-state index contributed by atoms with van der Waals surface area (Å²) in [6, 6.07) is 14.0. The standard InChI is InChI=1S/C28H27N9O4/c1-4-22(38)35-13-8-14-36(17-35)37-26-23(25(29)30-16-31-26)24(33-37)27(39)32-21-12-11-20(15-18(21)2)41-28(40)34(3)19-9-6-5-7-10-19/h4-13,15-16H,1,14,17H2,2-3H3,(H,32,39)(H2,29,30,31). The number of anilines is 3. The molecular weight excluding hydrogens is 526 g/mol. The lowest BCUT2D eigenvalue weighted by molar-refractivity contribution is -0.123. The van der Waals surface area contributed by atoms with E-state index in [1.807, 2.05) is 18.2 Å². The lowest BCUT2D eigenvalue weighted by Crippen LogP contribution is -2.47. The first-order chi connectivity index (χ1) is 19.8. The molecule has 13 heteroatoms. The molecule has 0 aliphatic carbocycles. The van der Waals surface area contributed by atoms with Crippen molar-refractivity contribution in [1.82, 2.24) is 24.8 Å². The molecule has 2 aromatic heterocycles. The smallest absolute Gasteiger partial charge is 0.410 e. The van der Waals surface area contributed by atoms with E-state index in [0.29, 0.717) is 34.9 Å². The van der Waals surface area contributed by atoms with E-state index in [0.717, 1.165) is 0 Å². The number of fused-ring (bicyclic) bond motifs is 1. The van der Waals surface area contributed by atoms with Crippen molar-refractivity contribution in [3.63, 3.8) is 0 Å². The van der Waals surface area contributed by atoms with E-state index < -0.39 is 12.0 Å². The molecule has 0 fully saturated rings. The Bertz CT molecular complexity index is 1680. The lowest BCUT2D eigenvalue weighted by Gasteiger charge is -2.31. The third-order valence-corrected chi connectivity index (χ3v) is 6.40. The number of nitrogen functional groups attached to an aromatic ring is 1. The number of amides is 3. The third kappa shape index (κ3) is 5.41. The quantitative estimate of drug-likeness (QED) is 0.343. The van der Waals surface area contributed by atoms with Gasteiger partial charge in [0.15, 0.2) is 11.3 Å². The second kappa shape index (κ2) is 11.2. The van der Waals surface area contributed by atoms with Gasteiger partial charge in [-0.15, -0.1) is 5.10 Å². The minimum absolute atomic E-state index is 0.00800. The molecule has 0 unspecified atom stereocenters. The van der Waals surface area contributed by atoms with Gasteiger partial charge in [-0.05, 0) is 55.0 Å². The fourth-order valence-electron chi connectivity index (χ4n) is 4.24. The summed E-state index contributed by atoms with van der Waals surface area (Å²) < 4.78 is 5.51. The van der Waals surface area contributed by atoms with Gasteiger partial charge in [0.1, 0.15) is 24.6 Å². The lowest BCUT2D eigenvalue weighted by atomic mass is 10.2. The summed E-state index contributed by atoms with van der Waals surface area (Å²) >= 11 is 0. The number of carbonyl (C=O) groups is 3. The molecule has 41 heavy (non-hydrogen) atoms. The van der Waals surface area contributed by atoms with Crippen LogP contribution in [0.1, 0.15) is 16.1 Å². The zero-order valence-corrected chi connectivity index (χ0v) is 22.4. The van der Waals surface area contributed by atoms with Gasteiger partial charge in [0.25, 0.3) is 11.8 Å². The SMILES string of the molecule is C=CC(=O)N1C=CCN(n2nc(C(=O)Nc3ccc(OC(=O)N(C)c4ccccc4)cc3C)c3c(N)ncnc32)C1. The van der Waals surface area contributed by atoms with Crippen LogP contribution in [0.4, 0.5) is 22.0 Å². The van der Waals surface area contributed by atoms with Gasteiger partial charge in [0.2, 0.25) is 0 Å². The Kier molecular flexibility index (Phi) is 7.33. The number of para-hydroxylation sites is 1. The van der Waals surface area contributed by atoms with Crippen molar-refractivity contribution >= 4 is 46.1 Å². The molecule has 1 aliphatic rings. The summed E-state index contributed by atoms with van der Waals surface area (Å²) in [6.07, 6.45) is 5.37. The fraction of sp³-hybridized carbons (Fsp3) is 0.143. The van der Waals surface area contributed by atoms with Crippen LogP contribution in [-0.4, -0.2) is 62.9 Å². The molecule has 13 nitrogen and oxygen atoms in total. The Hall–Kier alpha value is -5.72. The summed E-state index contributed by atoms with van der Waals surface area (Å²) in [6.45, 7) is 5.86. The van der Waals surface area contributed by atoms with Crippen molar-refractivity contribution in [2.45, 2.75) is 6.92 Å². The van der Waals surface area contributed by atoms with Crippen LogP contribution in [0.3, 0.4) is 0 Å². The summed E-state index contributed by atoms with van der Waals surface area (Å²) in [5, 5.41) is 9.33. The average molecular weight is 554 g/mol. The van der Waals surface area contributed by atoms with Crippen molar-refractivity contribution in [3.8, 4) is 5.75 Å². The van der Waals surface area contributed by atoms with Gasteiger partial charge in [0, 0.05) is 24.6 Å². The topological polar surface area (TPSA) is 152 Å². The molecule has 0 saturated heterocycles. The van der Waals surface area contributed by atoms with E-state index in [1.54, 1.807) is 61.6 Å². The van der Waals surface area contributed by atoms with Crippen molar-refractivity contribution in [1.29, 1.82) is 0 Å². The molecule has 0 atom stereocenters. The van der Waals surface area contributed by atoms with Crippen molar-refractivity contribution in [2.75, 3.05) is 41.2 Å². The molecule has 0 radical (unpaired) electrons. The van der Waals surface area contributed by atoms with Crippen molar-refractivity contribution in [3.05, 3.63) is 91.0 Å². The number of hydrogen-bond acceptors (Lipinski definition) is 9. The molecule has 3 amide bonds. The first kappa shape index (κ1) is 26.9. The van der Waals surface area contributed by atoms with Gasteiger partial charge in [-0.1, -0.05) is 24.8 Å². The molecule has 208 valence electrons. The number of ether oxygens (including phenoxy) is 1. The maximum absolute atomic E-state index is 13.5. The number of benzene rings is 2. The zero-order valence-electron chi connectivity index (χ0n) is 22.4. The molecule has 2 aromatic carbocycles. The highest BCUT2D eigenvalue weighted by atomic mass is 16.6. The Morgan fingerprint density at radius 3 is 2.66 bits per heavy atom. The number of aryl methyl sites for hydroxylation is 1. The predicted molar refractivity (Wildman–Crippen MR) is 154 cm³/mol. The van der Waals surface area contributed by atoms with Crippen LogP contribution < -0.4 is 25.7 Å². The van der Waals surface area contributed by atoms with E-state index in [1.165, 1.54) is 27.0 Å². The molecule has 0 bridgehead atoms. The van der Waals surface area contributed by atoms with E-state index in [2.05, 4.69) is 27.0 Å². The molecule has 3 heterocycles. The van der Waals surface area contributed by atoms with Crippen LogP contribution >= 0.6 is 0 Å². The number of nitrogens with zero attached hydrogens (tertiary/aromatic N) is 7. The largest absolute Gasteiger partial charge is 0.419 e. The van der Waals surface area contributed by atoms with Crippen LogP contribution in [0, 0.1) is 6.92 Å². The molecule has 1 aliphatic heterocycles.